The lowest BCUT2D eigenvalue weighted by atomic mass is 10.0. The number of nitrogens with zero attached hydrogens (tertiary/aromatic N) is 1. The van der Waals surface area contributed by atoms with Gasteiger partial charge in [0.2, 0.25) is 0 Å². The van der Waals surface area contributed by atoms with Crippen molar-refractivity contribution < 1.29 is 14.3 Å². The zero-order valence-electron chi connectivity index (χ0n) is 11.6. The molecule has 1 amide bonds. The van der Waals surface area contributed by atoms with Gasteiger partial charge in [-0.25, -0.2) is 0 Å². The fourth-order valence-corrected chi connectivity index (χ4v) is 2.56. The summed E-state index contributed by atoms with van der Waals surface area (Å²) in [5, 5.41) is 16.6. The lowest BCUT2D eigenvalue weighted by Gasteiger charge is -2.21. The van der Waals surface area contributed by atoms with Gasteiger partial charge in [0.1, 0.15) is 16.4 Å². The predicted molar refractivity (Wildman–Crippen MR) is 77.0 cm³/mol. The molecule has 0 radical (unpaired) electrons. The lowest BCUT2D eigenvalue weighted by Crippen LogP contribution is -2.38. The van der Waals surface area contributed by atoms with E-state index >= 15 is 0 Å². The average molecular weight is 295 g/mol. The van der Waals surface area contributed by atoms with Crippen molar-refractivity contribution in [1.29, 1.82) is 0 Å². The molecular formula is C13H17N3O3S. The zero-order valence-corrected chi connectivity index (χ0v) is 12.4. The van der Waals surface area contributed by atoms with Crippen molar-refractivity contribution >= 4 is 22.4 Å². The molecule has 1 atom stereocenters. The molecule has 3 N–H and O–H groups in total. The molecule has 6 nitrogen and oxygen atoms in total. The van der Waals surface area contributed by atoms with Crippen molar-refractivity contribution in [3.8, 4) is 0 Å². The second-order valence-corrected chi connectivity index (χ2v) is 5.43. The highest BCUT2D eigenvalue weighted by molar-refractivity contribution is 7.10. The minimum absolute atomic E-state index is 0.0534. The summed E-state index contributed by atoms with van der Waals surface area (Å²) in [5.41, 5.74) is -0.0849. The molecule has 0 spiro atoms. The Bertz CT molecular complexity index is 590. The summed E-state index contributed by atoms with van der Waals surface area (Å²) in [7, 11) is 1.74. The Hall–Kier alpha value is -1.86. The van der Waals surface area contributed by atoms with Crippen molar-refractivity contribution in [2.75, 3.05) is 18.9 Å². The predicted octanol–water partition coefficient (Wildman–Crippen LogP) is 1.72. The number of hydrogen-bond donors (Lipinski definition) is 3. The van der Waals surface area contributed by atoms with Crippen molar-refractivity contribution in [3.63, 3.8) is 0 Å². The summed E-state index contributed by atoms with van der Waals surface area (Å²) in [6, 6.07) is 3.36. The minimum atomic E-state index is -1.25. The van der Waals surface area contributed by atoms with Crippen LogP contribution in [0.3, 0.4) is 0 Å². The summed E-state index contributed by atoms with van der Waals surface area (Å²) in [4.78, 5) is 12.2. The van der Waals surface area contributed by atoms with Gasteiger partial charge in [0, 0.05) is 7.05 Å². The highest BCUT2D eigenvalue weighted by Crippen LogP contribution is 2.24. The number of amides is 1. The topological polar surface area (TPSA) is 87.4 Å². The van der Waals surface area contributed by atoms with Crippen molar-refractivity contribution in [3.05, 3.63) is 35.4 Å². The number of hydrogen-bond acceptors (Lipinski definition) is 6. The van der Waals surface area contributed by atoms with Gasteiger partial charge < -0.3 is 20.2 Å². The molecule has 0 saturated heterocycles. The molecule has 0 aliphatic carbocycles. The number of aryl methyl sites for hydroxylation is 1. The molecule has 2 heterocycles. The Kier molecular flexibility index (Phi) is 4.10. The van der Waals surface area contributed by atoms with Crippen molar-refractivity contribution in [2.24, 2.45) is 0 Å². The Morgan fingerprint density at radius 1 is 1.60 bits per heavy atom. The standard InChI is InChI=1S/C13H17N3O3S/c1-8-10(12(14-3)20-16-8)11(17)15-7-13(2,18)9-5-4-6-19-9/h4-6,14,18H,7H2,1-3H3,(H,15,17). The fourth-order valence-electron chi connectivity index (χ4n) is 1.82. The Labute approximate surface area is 121 Å². The van der Waals surface area contributed by atoms with Gasteiger partial charge in [-0.3, -0.25) is 4.79 Å². The molecule has 108 valence electrons. The highest BCUT2D eigenvalue weighted by atomic mass is 32.1. The highest BCUT2D eigenvalue weighted by Gasteiger charge is 2.28. The molecule has 2 aromatic heterocycles. The molecular weight excluding hydrogens is 278 g/mol. The Morgan fingerprint density at radius 2 is 2.35 bits per heavy atom. The number of anilines is 1. The maximum atomic E-state index is 12.2. The Balaban J connectivity index is 2.07. The van der Waals surface area contributed by atoms with Crippen LogP contribution in [0, 0.1) is 6.92 Å². The number of furan rings is 1. The van der Waals surface area contributed by atoms with E-state index in [0.717, 1.165) is 0 Å². The third kappa shape index (κ3) is 2.83. The summed E-state index contributed by atoms with van der Waals surface area (Å²) >= 11 is 1.23. The van der Waals surface area contributed by atoms with E-state index in [1.54, 1.807) is 33.0 Å². The normalized spacial score (nSPS) is 13.8. The number of nitrogens with one attached hydrogen (secondary N) is 2. The van der Waals surface area contributed by atoms with E-state index in [-0.39, 0.29) is 12.5 Å². The van der Waals surface area contributed by atoms with Crippen LogP contribution >= 0.6 is 11.5 Å². The van der Waals surface area contributed by atoms with Crippen LogP contribution in [0.2, 0.25) is 0 Å². The quantitative estimate of drug-likeness (QED) is 0.782. The molecule has 0 aromatic carbocycles. The molecule has 0 aliphatic heterocycles. The first-order valence-corrected chi connectivity index (χ1v) is 6.91. The second-order valence-electron chi connectivity index (χ2n) is 4.66. The fraction of sp³-hybridized carbons (Fsp3) is 0.385. The van der Waals surface area contributed by atoms with E-state index < -0.39 is 5.60 Å². The summed E-state index contributed by atoms with van der Waals surface area (Å²) < 4.78 is 9.31. The van der Waals surface area contributed by atoms with Crippen molar-refractivity contribution in [1.82, 2.24) is 9.69 Å². The van der Waals surface area contributed by atoms with E-state index in [9.17, 15) is 9.90 Å². The van der Waals surface area contributed by atoms with Gasteiger partial charge in [0.15, 0.2) is 0 Å². The van der Waals surface area contributed by atoms with E-state index in [2.05, 4.69) is 15.0 Å². The van der Waals surface area contributed by atoms with E-state index in [1.165, 1.54) is 17.8 Å². The zero-order chi connectivity index (χ0) is 14.8. The van der Waals surface area contributed by atoms with Crippen LogP contribution in [0.1, 0.15) is 28.7 Å². The largest absolute Gasteiger partial charge is 0.466 e. The SMILES string of the molecule is CNc1snc(C)c1C(=O)NCC(C)(O)c1ccco1. The van der Waals surface area contributed by atoms with Gasteiger partial charge in [0.05, 0.1) is 24.1 Å². The number of rotatable bonds is 5. The smallest absolute Gasteiger partial charge is 0.256 e. The van der Waals surface area contributed by atoms with Crippen LogP contribution in [0.25, 0.3) is 0 Å². The molecule has 2 rings (SSSR count). The molecule has 0 saturated carbocycles. The molecule has 0 bridgehead atoms. The second kappa shape index (κ2) is 5.64. The van der Waals surface area contributed by atoms with Crippen LogP contribution in [0.5, 0.6) is 0 Å². The Morgan fingerprint density at radius 3 is 2.95 bits per heavy atom. The summed E-state index contributed by atoms with van der Waals surface area (Å²) in [6.45, 7) is 3.42. The number of carbonyl (C=O) groups is 1. The molecule has 0 fully saturated rings. The first-order valence-electron chi connectivity index (χ1n) is 6.14. The number of aromatic nitrogens is 1. The molecule has 2 aromatic rings. The molecule has 7 heteroatoms. The van der Waals surface area contributed by atoms with Crippen LogP contribution < -0.4 is 10.6 Å². The first-order chi connectivity index (χ1) is 9.45. The molecule has 1 unspecified atom stereocenters. The van der Waals surface area contributed by atoms with Gasteiger partial charge in [-0.05, 0) is 37.5 Å². The van der Waals surface area contributed by atoms with Crippen molar-refractivity contribution in [2.45, 2.75) is 19.4 Å². The van der Waals surface area contributed by atoms with E-state index in [1.807, 2.05) is 0 Å². The number of carbonyl (C=O) groups excluding carboxylic acids is 1. The summed E-state index contributed by atoms with van der Waals surface area (Å²) in [5.74, 6) is 0.138. The summed E-state index contributed by atoms with van der Waals surface area (Å²) in [6.07, 6.45) is 1.48. The van der Waals surface area contributed by atoms with Gasteiger partial charge in [0.25, 0.3) is 5.91 Å². The van der Waals surface area contributed by atoms with Crippen LogP contribution in [-0.4, -0.2) is 29.0 Å². The first kappa shape index (κ1) is 14.5. The lowest BCUT2D eigenvalue weighted by molar-refractivity contribution is 0.0330. The van der Waals surface area contributed by atoms with Gasteiger partial charge in [-0.1, -0.05) is 0 Å². The third-order valence-electron chi connectivity index (χ3n) is 2.96. The molecule has 20 heavy (non-hydrogen) atoms. The monoisotopic (exact) mass is 295 g/mol. The average Bonchev–Trinajstić information content (AvgIpc) is 3.05. The van der Waals surface area contributed by atoms with Gasteiger partial charge >= 0.3 is 0 Å². The maximum Gasteiger partial charge on any atom is 0.256 e. The maximum absolute atomic E-state index is 12.2. The van der Waals surface area contributed by atoms with E-state index in [0.29, 0.717) is 22.0 Å². The van der Waals surface area contributed by atoms with Crippen LogP contribution in [0.4, 0.5) is 5.00 Å². The number of aliphatic hydroxyl groups is 1. The van der Waals surface area contributed by atoms with E-state index in [4.69, 9.17) is 4.42 Å². The van der Waals surface area contributed by atoms with Gasteiger partial charge in [-0.2, -0.15) is 4.37 Å². The van der Waals surface area contributed by atoms with Gasteiger partial charge in [-0.15, -0.1) is 0 Å². The minimum Gasteiger partial charge on any atom is -0.466 e. The molecule has 0 aliphatic rings. The third-order valence-corrected chi connectivity index (χ3v) is 3.92. The van der Waals surface area contributed by atoms with Crippen LogP contribution in [0.15, 0.2) is 22.8 Å². The van der Waals surface area contributed by atoms with Crippen LogP contribution in [-0.2, 0) is 5.60 Å².